The third-order valence-electron chi connectivity index (χ3n) is 1.93. The van der Waals surface area contributed by atoms with Crippen molar-refractivity contribution in [2.24, 2.45) is 0 Å². The summed E-state index contributed by atoms with van der Waals surface area (Å²) in [4.78, 5) is 0. The Kier molecular flexibility index (Phi) is 4.78. The first kappa shape index (κ1) is 8.91. The molecule has 0 rings (SSSR count). The lowest BCUT2D eigenvalue weighted by Gasteiger charge is -2.21. The van der Waals surface area contributed by atoms with Gasteiger partial charge in [-0.25, -0.2) is 0 Å². The second kappa shape index (κ2) is 8.05. The first-order valence-corrected chi connectivity index (χ1v) is 9.64. The van der Waals surface area contributed by atoms with E-state index in [4.69, 9.17) is 11.4 Å². The van der Waals surface area contributed by atoms with E-state index in [1.165, 1.54) is 0 Å². The molecule has 0 saturated heterocycles. The van der Waals surface area contributed by atoms with Crippen LogP contribution in [0.2, 0.25) is 0 Å². The van der Waals surface area contributed by atoms with Crippen LogP contribution >= 0.6 is 28.5 Å². The fourth-order valence-electron chi connectivity index (χ4n) is 0.714. The van der Waals surface area contributed by atoms with Gasteiger partial charge in [0.05, 0.1) is 9.30 Å². The molecule has 0 fully saturated rings. The largest absolute Gasteiger partial charge is 0.314 e. The zero-order valence-corrected chi connectivity index (χ0v) is 12.2. The van der Waals surface area contributed by atoms with Crippen molar-refractivity contribution in [3.05, 3.63) is 0 Å². The molecule has 0 amide bonds. The van der Waals surface area contributed by atoms with Gasteiger partial charge >= 0.3 is 5.77 Å². The van der Waals surface area contributed by atoms with E-state index in [-0.39, 0.29) is 10.5 Å². The predicted octanol–water partition coefficient (Wildman–Crippen LogP) is 5.19. The first-order valence-electron chi connectivity index (χ1n) is 7.54. The van der Waals surface area contributed by atoms with E-state index in [1.54, 1.807) is 0 Å². The fraction of sp³-hybridized carbons (Fsp3) is 1.00. The zero-order chi connectivity index (χ0) is 16.2. The highest BCUT2D eigenvalue weighted by molar-refractivity contribution is 8.89. The molecular formula is C10H23O2PS2. The first-order chi connectivity index (χ1) is 8.87. The second-order valence-corrected chi connectivity index (χ2v) is 11.2. The van der Waals surface area contributed by atoms with Gasteiger partial charge in [0.25, 0.3) is 0 Å². The van der Waals surface area contributed by atoms with E-state index in [0.717, 1.165) is 35.6 Å². The van der Waals surface area contributed by atoms with Crippen molar-refractivity contribution < 1.29 is 15.9 Å². The van der Waals surface area contributed by atoms with Crippen LogP contribution in [-0.4, -0.2) is 17.1 Å². The molecule has 0 N–H and O–H groups in total. The van der Waals surface area contributed by atoms with Gasteiger partial charge in [0.1, 0.15) is 0 Å². The van der Waals surface area contributed by atoms with Gasteiger partial charge in [0, 0.05) is 14.6 Å². The van der Waals surface area contributed by atoms with Gasteiger partial charge in [-0.1, -0.05) is 50.5 Å². The van der Waals surface area contributed by atoms with Crippen molar-refractivity contribution in [1.82, 2.24) is 0 Å². The summed E-state index contributed by atoms with van der Waals surface area (Å²) in [7, 11) is 0. The molecule has 0 saturated carbocycles. The lowest BCUT2D eigenvalue weighted by atomic mass is 10.4. The topological polar surface area (TPSA) is 26.3 Å². The monoisotopic (exact) mass is 275 g/mol. The quantitative estimate of drug-likeness (QED) is 0.569. The van der Waals surface area contributed by atoms with Crippen LogP contribution in [-0.2, 0) is 9.09 Å². The molecule has 2 atom stereocenters. The Hall–Kier alpha value is 0.890. The van der Waals surface area contributed by atoms with Gasteiger partial charge < -0.3 is 4.52 Å². The van der Waals surface area contributed by atoms with E-state index in [2.05, 4.69) is 0 Å². The van der Waals surface area contributed by atoms with Crippen LogP contribution < -0.4 is 0 Å². The summed E-state index contributed by atoms with van der Waals surface area (Å²) >= 11 is 2.08. The van der Waals surface area contributed by atoms with Crippen LogP contribution in [0.25, 0.3) is 0 Å². The maximum absolute atomic E-state index is 12.8. The van der Waals surface area contributed by atoms with E-state index >= 15 is 0 Å². The maximum atomic E-state index is 12.8. The van der Waals surface area contributed by atoms with E-state index in [1.807, 2.05) is 27.7 Å². The predicted molar refractivity (Wildman–Crippen MR) is 73.9 cm³/mol. The lowest BCUT2D eigenvalue weighted by Crippen LogP contribution is -1.98. The fourth-order valence-corrected chi connectivity index (χ4v) is 9.40. The van der Waals surface area contributed by atoms with E-state index < -0.39 is 19.2 Å². The minimum Gasteiger partial charge on any atom is -0.314 e. The van der Waals surface area contributed by atoms with Gasteiger partial charge in [0.2, 0.25) is 0 Å². The molecule has 0 aliphatic heterocycles. The van der Waals surface area contributed by atoms with Crippen molar-refractivity contribution in [3.63, 3.8) is 0 Å². The van der Waals surface area contributed by atoms with E-state index in [0.29, 0.717) is 0 Å². The Morgan fingerprint density at radius 3 is 2.13 bits per heavy atom. The van der Waals surface area contributed by atoms with Gasteiger partial charge in [-0.05, 0) is 19.7 Å². The summed E-state index contributed by atoms with van der Waals surface area (Å²) in [6, 6.07) is 0. The molecule has 5 heteroatoms. The highest BCUT2D eigenvalue weighted by Gasteiger charge is 2.28. The Bertz CT molecular complexity index is 335. The molecule has 92 valence electrons. The van der Waals surface area contributed by atoms with Crippen molar-refractivity contribution >= 4 is 28.5 Å². The van der Waals surface area contributed by atoms with Crippen LogP contribution in [0.5, 0.6) is 0 Å². The summed E-state index contributed by atoms with van der Waals surface area (Å²) in [6.45, 7) is 1.70. The molecule has 0 bridgehead atoms. The molecular weight excluding hydrogens is 247 g/mol. The molecule has 0 radical (unpaired) electrons. The van der Waals surface area contributed by atoms with Crippen LogP contribution in [0.1, 0.15) is 54.2 Å². The molecule has 0 aliphatic carbocycles. The molecule has 0 spiro atoms. The van der Waals surface area contributed by atoms with Gasteiger partial charge in [-0.2, -0.15) is 0 Å². The lowest BCUT2D eigenvalue weighted by molar-refractivity contribution is 0.357. The smallest absolute Gasteiger partial charge is 0.313 e. The van der Waals surface area contributed by atoms with Gasteiger partial charge in [0.15, 0.2) is 0 Å². The summed E-state index contributed by atoms with van der Waals surface area (Å²) in [5.74, 6) is -3.48. The van der Waals surface area contributed by atoms with Crippen LogP contribution in [0.15, 0.2) is 0 Å². The highest BCUT2D eigenvalue weighted by atomic mass is 33.1. The van der Waals surface area contributed by atoms with Crippen molar-refractivity contribution in [3.8, 4) is 0 Å². The minimum absolute atomic E-state index is 0.00444. The molecule has 0 aromatic heterocycles. The molecule has 0 heterocycles. The Morgan fingerprint density at radius 1 is 1.33 bits per heavy atom. The van der Waals surface area contributed by atoms with Crippen LogP contribution in [0.4, 0.5) is 0 Å². The highest BCUT2D eigenvalue weighted by Crippen LogP contribution is 2.72. The number of hydrogen-bond acceptors (Lipinski definition) is 4. The van der Waals surface area contributed by atoms with Gasteiger partial charge in [-0.3, -0.25) is 4.57 Å². The third-order valence-corrected chi connectivity index (χ3v) is 9.85. The minimum atomic E-state index is -3.48. The summed E-state index contributed by atoms with van der Waals surface area (Å²) in [5.41, 5.74) is 0. The van der Waals surface area contributed by atoms with Gasteiger partial charge in [-0.15, -0.1) is 0 Å². The maximum Gasteiger partial charge on any atom is 0.313 e. The van der Waals surface area contributed by atoms with Crippen molar-refractivity contribution in [1.29, 1.82) is 0 Å². The van der Waals surface area contributed by atoms with Crippen molar-refractivity contribution in [2.75, 3.05) is 6.56 Å². The summed E-state index contributed by atoms with van der Waals surface area (Å²) in [5, 5.41) is 0.00887. The summed E-state index contributed by atoms with van der Waals surface area (Å²) < 4.78 is 54.3. The average molecular weight is 275 g/mol. The number of hydrogen-bond donors (Lipinski definition) is 0. The zero-order valence-electron chi connectivity index (χ0n) is 14.6. The molecule has 0 aromatic carbocycles. The third kappa shape index (κ3) is 6.93. The van der Waals surface area contributed by atoms with Crippen LogP contribution in [0, 0.1) is 0 Å². The molecule has 0 aliphatic rings. The average Bonchev–Trinajstić information content (AvgIpc) is 2.25. The molecule has 15 heavy (non-hydrogen) atoms. The second-order valence-electron chi connectivity index (χ2n) is 3.29. The Labute approximate surface area is 109 Å². The van der Waals surface area contributed by atoms with E-state index in [9.17, 15) is 4.57 Å². The molecule has 2 nitrogen and oxygen atoms in total. The SMILES string of the molecule is [2H]C([2H])([2H])C([2H])([2H])OP(=O)(SC(C)CC)SC(C)CC. The normalized spacial score (nSPS) is 26.3. The van der Waals surface area contributed by atoms with Crippen molar-refractivity contribution in [2.45, 2.75) is 57.9 Å². The Morgan fingerprint density at radius 2 is 1.80 bits per heavy atom. The number of rotatable bonds is 8. The van der Waals surface area contributed by atoms with Crippen LogP contribution in [0.3, 0.4) is 0 Å². The molecule has 0 aromatic rings. The standard InChI is InChI=1S/C10H23O2PS2/c1-6-9(4)14-13(11,12-8-3)15-10(5)7-2/h9-10H,6-8H2,1-5H3/i3D3,8D2. The molecule has 2 unspecified atom stereocenters. The Balaban J connectivity index is 5.18. The summed E-state index contributed by atoms with van der Waals surface area (Å²) in [6.07, 6.45) is 1.49.